The molecule has 0 aliphatic carbocycles. The van der Waals surface area contributed by atoms with Gasteiger partial charge in [-0.3, -0.25) is 28.7 Å². The predicted octanol–water partition coefficient (Wildman–Crippen LogP) is 29.2. The SMILES string of the molecule is c1ccc(-c2nc(-c3ccccc3)nc(-c3cccc(-n4c5ccccc5c5cnc6c(ccc7c8ccccc8sc76)c54)c3)n2)cc1.c1ccc(-c2nc(-n3c4ccccc4c4cnc5c(ccc6c7ccccc7sc65)c43)nc3ccccc23)cc1.c1ccc(-n2c(-n3c4ccccc4c4cnc5c(ccc6c7ccccc7sc65)c43)nc3ccccc32)cc1. The number of aromatic nitrogens is 13. The number of fused-ring (bicyclic) bond motifs is 29. The van der Waals surface area contributed by atoms with Gasteiger partial charge in [0.2, 0.25) is 11.9 Å². The third-order valence-corrected chi connectivity index (χ3v) is 28.3. The van der Waals surface area contributed by atoms with Gasteiger partial charge in [0.1, 0.15) is 0 Å². The predicted molar refractivity (Wildman–Crippen MR) is 530 cm³/mol. The van der Waals surface area contributed by atoms with Gasteiger partial charge in [0.15, 0.2) is 17.5 Å². The summed E-state index contributed by atoms with van der Waals surface area (Å²) in [7, 11) is 0. The first kappa shape index (κ1) is 72.3. The van der Waals surface area contributed by atoms with E-state index in [4.69, 9.17) is 44.9 Å². The smallest absolute Gasteiger partial charge is 0.235 e. The summed E-state index contributed by atoms with van der Waals surface area (Å²) in [6.45, 7) is 0. The van der Waals surface area contributed by atoms with Crippen LogP contribution in [0.25, 0.3) is 249 Å². The maximum Gasteiger partial charge on any atom is 0.235 e. The van der Waals surface area contributed by atoms with Crippen molar-refractivity contribution in [3.05, 3.63) is 395 Å². The highest BCUT2D eigenvalue weighted by Gasteiger charge is 2.27. The Labute approximate surface area is 735 Å². The van der Waals surface area contributed by atoms with Gasteiger partial charge in [0, 0.05) is 152 Å². The van der Waals surface area contributed by atoms with Crippen molar-refractivity contribution in [2.24, 2.45) is 0 Å². The van der Waals surface area contributed by atoms with Gasteiger partial charge in [-0.25, -0.2) is 29.9 Å². The van der Waals surface area contributed by atoms with Crippen molar-refractivity contribution >= 4 is 215 Å². The molecule has 0 unspecified atom stereocenters. The summed E-state index contributed by atoms with van der Waals surface area (Å²) in [5.74, 6) is 3.45. The third-order valence-electron chi connectivity index (χ3n) is 24.7. The molecule has 12 heterocycles. The summed E-state index contributed by atoms with van der Waals surface area (Å²) in [4.78, 5) is 45.8. The molecular formula is C111H65N13S3. The van der Waals surface area contributed by atoms with E-state index in [9.17, 15) is 0 Å². The van der Waals surface area contributed by atoms with Crippen molar-refractivity contribution in [3.8, 4) is 68.7 Å². The first-order valence-corrected chi connectivity index (χ1v) is 44.7. The number of pyridine rings is 3. The standard InChI is InChI=1S/C42H25N5S.C35H20N4S.C34H20N4S/c1-3-12-26(13-4-1)40-44-41(27-14-5-2-6-15-27)46-42(45-40)28-16-11-17-29(24-28)47-35-20-9-7-18-30(35)34-25-43-37-33(38(34)47)23-22-32-31-19-8-10-21-36(31)48-39(32)37;1-2-10-21(11-3-1)31-25-14-4-7-15-28(25)37-35(38-31)39-29-16-8-5-12-22(29)27-20-36-32-26(33(27)39)19-18-24-23-13-6-9-17-30(23)40-34(24)32;1-2-10-21(11-3-1)37-29-16-8-6-14-27(29)36-34(37)38-28-15-7-4-12-22(28)26-20-35-31-25(32(26)38)19-18-24-23-13-5-9-17-30(23)39-33(24)31/h1-25H;1-20H;1-20H. The molecule has 0 saturated heterocycles. The molecule has 12 aromatic heterocycles. The van der Waals surface area contributed by atoms with Crippen LogP contribution in [0.5, 0.6) is 0 Å². The molecule has 0 aliphatic rings. The number of imidazole rings is 1. The first-order valence-electron chi connectivity index (χ1n) is 42.2. The minimum Gasteiger partial charge on any atom is -0.308 e. The molecule has 0 bridgehead atoms. The summed E-state index contributed by atoms with van der Waals surface area (Å²) in [6, 6.07) is 131. The number of hydrogen-bond acceptors (Lipinski definition) is 12. The summed E-state index contributed by atoms with van der Waals surface area (Å²) < 4.78 is 16.7. The Morgan fingerprint density at radius 3 is 1.06 bits per heavy atom. The van der Waals surface area contributed by atoms with Crippen molar-refractivity contribution < 1.29 is 0 Å². The van der Waals surface area contributed by atoms with Crippen molar-refractivity contribution in [3.63, 3.8) is 0 Å². The highest BCUT2D eigenvalue weighted by molar-refractivity contribution is 7.27. The maximum atomic E-state index is 5.25. The Hall–Kier alpha value is -16.4. The van der Waals surface area contributed by atoms with Crippen LogP contribution in [0.3, 0.4) is 0 Å². The second-order valence-corrected chi connectivity index (χ2v) is 35.0. The largest absolute Gasteiger partial charge is 0.308 e. The number of para-hydroxylation sites is 7. The zero-order valence-corrected chi connectivity index (χ0v) is 70.0. The van der Waals surface area contributed by atoms with Gasteiger partial charge in [0.05, 0.1) is 86.0 Å². The zero-order valence-electron chi connectivity index (χ0n) is 67.6. The van der Waals surface area contributed by atoms with Crippen LogP contribution in [0.2, 0.25) is 0 Å². The Morgan fingerprint density at radius 2 is 0.559 bits per heavy atom. The number of benzene rings is 16. The second-order valence-electron chi connectivity index (χ2n) is 31.8. The molecule has 127 heavy (non-hydrogen) atoms. The Morgan fingerprint density at radius 1 is 0.205 bits per heavy atom. The molecule has 0 fully saturated rings. The Balaban J connectivity index is 0.000000102. The van der Waals surface area contributed by atoms with E-state index >= 15 is 0 Å². The lowest BCUT2D eigenvalue weighted by Crippen LogP contribution is -2.05. The topological polar surface area (TPSA) is 136 Å². The molecule has 28 aromatic rings. The monoisotopic (exact) mass is 1680 g/mol. The van der Waals surface area contributed by atoms with Crippen molar-refractivity contribution in [1.82, 2.24) is 63.1 Å². The minimum absolute atomic E-state index is 0.629. The molecule has 592 valence electrons. The van der Waals surface area contributed by atoms with Gasteiger partial charge in [-0.05, 0) is 97.1 Å². The summed E-state index contributed by atoms with van der Waals surface area (Å²) >= 11 is 5.44. The van der Waals surface area contributed by atoms with E-state index in [2.05, 4.69) is 328 Å². The van der Waals surface area contributed by atoms with E-state index in [1.165, 1.54) is 71.3 Å². The quantitative estimate of drug-likeness (QED) is 0.146. The van der Waals surface area contributed by atoms with Crippen LogP contribution in [-0.4, -0.2) is 63.1 Å². The average molecular weight is 1680 g/mol. The maximum absolute atomic E-state index is 5.25. The van der Waals surface area contributed by atoms with Gasteiger partial charge in [-0.15, -0.1) is 34.0 Å². The Bertz CT molecular complexity index is 9320. The van der Waals surface area contributed by atoms with Crippen LogP contribution in [0.15, 0.2) is 395 Å². The number of rotatable bonds is 8. The number of nitrogens with zero attached hydrogens (tertiary/aromatic N) is 13. The lowest BCUT2D eigenvalue weighted by molar-refractivity contribution is 0.957. The lowest BCUT2D eigenvalue weighted by atomic mass is 10.1. The van der Waals surface area contributed by atoms with E-state index < -0.39 is 0 Å². The molecule has 16 heteroatoms. The fraction of sp³-hybridized carbons (Fsp3) is 0. The molecule has 0 saturated carbocycles. The first-order chi connectivity index (χ1) is 63.0. The van der Waals surface area contributed by atoms with E-state index in [-0.39, 0.29) is 0 Å². The molecule has 0 spiro atoms. The van der Waals surface area contributed by atoms with Gasteiger partial charge in [-0.1, -0.05) is 279 Å². The molecule has 0 atom stereocenters. The van der Waals surface area contributed by atoms with Gasteiger partial charge >= 0.3 is 0 Å². The van der Waals surface area contributed by atoms with Crippen LogP contribution in [-0.2, 0) is 0 Å². The average Bonchev–Trinajstić information content (AvgIpc) is 1.56. The second kappa shape index (κ2) is 29.2. The third kappa shape index (κ3) is 11.5. The van der Waals surface area contributed by atoms with Crippen LogP contribution in [0.1, 0.15) is 0 Å². The van der Waals surface area contributed by atoms with Gasteiger partial charge in [-0.2, -0.15) is 0 Å². The van der Waals surface area contributed by atoms with Gasteiger partial charge in [0.25, 0.3) is 0 Å². The van der Waals surface area contributed by atoms with Crippen LogP contribution < -0.4 is 0 Å². The van der Waals surface area contributed by atoms with E-state index in [0.29, 0.717) is 23.4 Å². The van der Waals surface area contributed by atoms with Crippen molar-refractivity contribution in [1.29, 1.82) is 0 Å². The lowest BCUT2D eigenvalue weighted by Gasteiger charge is -2.13. The van der Waals surface area contributed by atoms with E-state index in [0.717, 1.165) is 155 Å². The number of hydrogen-bond donors (Lipinski definition) is 0. The zero-order chi connectivity index (χ0) is 83.3. The van der Waals surface area contributed by atoms with E-state index in [1.807, 2.05) is 108 Å². The Kier molecular flexibility index (Phi) is 16.6. The molecular weight excluding hydrogens is 1610 g/mol. The fourth-order valence-corrected chi connectivity index (χ4v) is 22.6. The van der Waals surface area contributed by atoms with Crippen molar-refractivity contribution in [2.75, 3.05) is 0 Å². The van der Waals surface area contributed by atoms with Crippen LogP contribution in [0, 0.1) is 0 Å². The minimum atomic E-state index is 0.629. The number of thiophene rings is 3. The highest BCUT2D eigenvalue weighted by atomic mass is 32.1. The summed E-state index contributed by atoms with van der Waals surface area (Å²) in [5.41, 5.74) is 19.6. The van der Waals surface area contributed by atoms with Crippen LogP contribution >= 0.6 is 34.0 Å². The molecule has 0 N–H and O–H groups in total. The normalized spacial score (nSPS) is 11.9. The molecule has 28 rings (SSSR count). The van der Waals surface area contributed by atoms with Crippen molar-refractivity contribution in [2.45, 2.75) is 0 Å². The molecule has 0 amide bonds. The molecule has 13 nitrogen and oxygen atoms in total. The summed E-state index contributed by atoms with van der Waals surface area (Å²) in [6.07, 6.45) is 6.13. The highest BCUT2D eigenvalue weighted by Crippen LogP contribution is 2.48. The molecule has 0 radical (unpaired) electrons. The van der Waals surface area contributed by atoms with Gasteiger partial charge < -0.3 is 4.57 Å². The fourth-order valence-electron chi connectivity index (χ4n) is 19.0. The van der Waals surface area contributed by atoms with Crippen LogP contribution in [0.4, 0.5) is 0 Å². The molecule has 0 aliphatic heterocycles. The van der Waals surface area contributed by atoms with E-state index in [1.54, 1.807) is 11.3 Å². The summed E-state index contributed by atoms with van der Waals surface area (Å²) in [5, 5.41) is 18.8. The molecule has 16 aromatic carbocycles.